The van der Waals surface area contributed by atoms with Crippen LogP contribution >= 0.6 is 0 Å². The number of hydrogen-bond donors (Lipinski definition) is 2. The van der Waals surface area contributed by atoms with Crippen molar-refractivity contribution in [1.29, 1.82) is 0 Å². The van der Waals surface area contributed by atoms with E-state index in [1.165, 1.54) is 24.3 Å². The first-order valence-electron chi connectivity index (χ1n) is 7.63. The van der Waals surface area contributed by atoms with Crippen molar-refractivity contribution in [1.82, 2.24) is 5.32 Å². The normalized spacial score (nSPS) is 14.9. The SMILES string of the molecule is COc1ccc(C(NC(=O)Nc2ccc(F)cc2)C2CC2)cc1. The monoisotopic (exact) mass is 314 g/mol. The molecular formula is C18H19FN2O2. The number of ether oxygens (including phenoxy) is 1. The van der Waals surface area contributed by atoms with Crippen LogP contribution in [0.5, 0.6) is 5.75 Å². The van der Waals surface area contributed by atoms with Crippen LogP contribution in [0.25, 0.3) is 0 Å². The minimum Gasteiger partial charge on any atom is -0.497 e. The number of amides is 2. The molecule has 0 heterocycles. The van der Waals surface area contributed by atoms with E-state index in [9.17, 15) is 9.18 Å². The molecule has 0 aromatic heterocycles. The smallest absolute Gasteiger partial charge is 0.319 e. The maximum absolute atomic E-state index is 12.9. The van der Waals surface area contributed by atoms with Crippen LogP contribution in [0.4, 0.5) is 14.9 Å². The fourth-order valence-electron chi connectivity index (χ4n) is 2.56. The molecule has 1 aliphatic carbocycles. The molecule has 1 fully saturated rings. The van der Waals surface area contributed by atoms with E-state index in [4.69, 9.17) is 4.74 Å². The number of urea groups is 1. The van der Waals surface area contributed by atoms with Crippen LogP contribution in [-0.2, 0) is 0 Å². The predicted molar refractivity (Wildman–Crippen MR) is 87.0 cm³/mol. The van der Waals surface area contributed by atoms with E-state index in [1.807, 2.05) is 24.3 Å². The van der Waals surface area contributed by atoms with Crippen LogP contribution in [0.1, 0.15) is 24.4 Å². The lowest BCUT2D eigenvalue weighted by Gasteiger charge is -2.19. The Kier molecular flexibility index (Phi) is 4.46. The van der Waals surface area contributed by atoms with Gasteiger partial charge in [-0.15, -0.1) is 0 Å². The summed E-state index contributed by atoms with van der Waals surface area (Å²) in [7, 11) is 1.63. The van der Waals surface area contributed by atoms with Gasteiger partial charge in [0.2, 0.25) is 0 Å². The Morgan fingerprint density at radius 1 is 1.13 bits per heavy atom. The first kappa shape index (κ1) is 15.3. The first-order chi connectivity index (χ1) is 11.2. The summed E-state index contributed by atoms with van der Waals surface area (Å²) in [5, 5.41) is 5.74. The molecule has 2 N–H and O–H groups in total. The van der Waals surface area contributed by atoms with E-state index < -0.39 is 0 Å². The lowest BCUT2D eigenvalue weighted by atomic mass is 10.0. The maximum atomic E-state index is 12.9. The van der Waals surface area contributed by atoms with Crippen molar-refractivity contribution in [2.24, 2.45) is 5.92 Å². The molecule has 3 rings (SSSR count). The molecule has 0 spiro atoms. The van der Waals surface area contributed by atoms with Crippen LogP contribution in [0.3, 0.4) is 0 Å². The van der Waals surface area contributed by atoms with Gasteiger partial charge in [0.25, 0.3) is 0 Å². The minimum atomic E-state index is -0.329. The fraction of sp³-hybridized carbons (Fsp3) is 0.278. The lowest BCUT2D eigenvalue weighted by molar-refractivity contribution is 0.247. The Labute approximate surface area is 134 Å². The van der Waals surface area contributed by atoms with Crippen LogP contribution in [0.2, 0.25) is 0 Å². The quantitative estimate of drug-likeness (QED) is 0.872. The zero-order valence-corrected chi connectivity index (χ0v) is 12.9. The highest BCUT2D eigenvalue weighted by Crippen LogP contribution is 2.41. The molecule has 4 nitrogen and oxygen atoms in total. The summed E-state index contributed by atoms with van der Waals surface area (Å²) in [6.45, 7) is 0. The van der Waals surface area contributed by atoms with Gasteiger partial charge in [0.1, 0.15) is 11.6 Å². The number of nitrogens with one attached hydrogen (secondary N) is 2. The van der Waals surface area contributed by atoms with Gasteiger partial charge < -0.3 is 15.4 Å². The molecule has 23 heavy (non-hydrogen) atoms. The summed E-state index contributed by atoms with van der Waals surface area (Å²) < 4.78 is 18.1. The summed E-state index contributed by atoms with van der Waals surface area (Å²) in [4.78, 5) is 12.2. The number of benzene rings is 2. The van der Waals surface area contributed by atoms with E-state index in [0.717, 1.165) is 24.2 Å². The molecule has 120 valence electrons. The number of rotatable bonds is 5. The van der Waals surface area contributed by atoms with Crippen molar-refractivity contribution in [2.45, 2.75) is 18.9 Å². The lowest BCUT2D eigenvalue weighted by Crippen LogP contribution is -2.33. The zero-order valence-electron chi connectivity index (χ0n) is 12.9. The van der Waals surface area contributed by atoms with E-state index in [0.29, 0.717) is 11.6 Å². The largest absolute Gasteiger partial charge is 0.497 e. The van der Waals surface area contributed by atoms with Gasteiger partial charge in [0.05, 0.1) is 13.2 Å². The number of hydrogen-bond acceptors (Lipinski definition) is 2. The summed E-state index contributed by atoms with van der Waals surface area (Å²) in [6.07, 6.45) is 2.21. The summed E-state index contributed by atoms with van der Waals surface area (Å²) in [6, 6.07) is 13.1. The molecule has 5 heteroatoms. The van der Waals surface area contributed by atoms with Crippen molar-refractivity contribution in [3.05, 3.63) is 59.9 Å². The Bertz CT molecular complexity index is 666. The molecule has 1 aliphatic rings. The van der Waals surface area contributed by atoms with E-state index in [1.54, 1.807) is 7.11 Å². The Morgan fingerprint density at radius 2 is 1.78 bits per heavy atom. The van der Waals surface area contributed by atoms with Gasteiger partial charge in [-0.2, -0.15) is 0 Å². The molecule has 0 bridgehead atoms. The van der Waals surface area contributed by atoms with Crippen LogP contribution < -0.4 is 15.4 Å². The predicted octanol–water partition coefficient (Wildman–Crippen LogP) is 4.11. The molecule has 2 aromatic rings. The van der Waals surface area contributed by atoms with Gasteiger partial charge in [-0.25, -0.2) is 9.18 Å². The van der Waals surface area contributed by atoms with Gasteiger partial charge in [0, 0.05) is 5.69 Å². The van der Waals surface area contributed by atoms with Gasteiger partial charge in [-0.3, -0.25) is 0 Å². The van der Waals surface area contributed by atoms with Crippen molar-refractivity contribution in [3.63, 3.8) is 0 Å². The van der Waals surface area contributed by atoms with E-state index >= 15 is 0 Å². The number of carbonyl (C=O) groups excluding carboxylic acids is 1. The molecule has 1 atom stereocenters. The highest BCUT2D eigenvalue weighted by Gasteiger charge is 2.33. The van der Waals surface area contributed by atoms with Crippen molar-refractivity contribution in [2.75, 3.05) is 12.4 Å². The Balaban J connectivity index is 1.66. The highest BCUT2D eigenvalue weighted by molar-refractivity contribution is 5.89. The molecule has 2 aromatic carbocycles. The highest BCUT2D eigenvalue weighted by atomic mass is 19.1. The van der Waals surface area contributed by atoms with Gasteiger partial charge in [-0.05, 0) is 60.7 Å². The van der Waals surface area contributed by atoms with Gasteiger partial charge in [-0.1, -0.05) is 12.1 Å². The first-order valence-corrected chi connectivity index (χ1v) is 7.63. The second kappa shape index (κ2) is 6.69. The van der Waals surface area contributed by atoms with E-state index in [2.05, 4.69) is 10.6 Å². The third-order valence-corrected chi connectivity index (χ3v) is 3.96. The molecular weight excluding hydrogens is 295 g/mol. The second-order valence-corrected chi connectivity index (χ2v) is 5.69. The Hall–Kier alpha value is -2.56. The summed E-state index contributed by atoms with van der Waals surface area (Å²) in [5.74, 6) is 0.923. The topological polar surface area (TPSA) is 50.4 Å². The van der Waals surface area contributed by atoms with Crippen LogP contribution in [0.15, 0.2) is 48.5 Å². The van der Waals surface area contributed by atoms with Crippen molar-refractivity contribution >= 4 is 11.7 Å². The number of methoxy groups -OCH3 is 1. The standard InChI is InChI=1S/C18H19FN2O2/c1-23-16-10-4-13(5-11-16)17(12-2-3-12)21-18(22)20-15-8-6-14(19)7-9-15/h4-12,17H,2-3H2,1H3,(H2,20,21,22). The molecule has 1 saturated carbocycles. The Morgan fingerprint density at radius 3 is 2.35 bits per heavy atom. The van der Waals surface area contributed by atoms with Gasteiger partial charge >= 0.3 is 6.03 Å². The number of anilines is 1. The third kappa shape index (κ3) is 4.00. The molecule has 2 amide bonds. The molecule has 0 saturated heterocycles. The summed E-state index contributed by atoms with van der Waals surface area (Å²) in [5.41, 5.74) is 1.62. The summed E-state index contributed by atoms with van der Waals surface area (Å²) >= 11 is 0. The van der Waals surface area contributed by atoms with Crippen LogP contribution in [-0.4, -0.2) is 13.1 Å². The average Bonchev–Trinajstić information content (AvgIpc) is 3.40. The minimum absolute atomic E-state index is 0.0265. The van der Waals surface area contributed by atoms with Crippen molar-refractivity contribution in [3.8, 4) is 5.75 Å². The number of carbonyl (C=O) groups is 1. The van der Waals surface area contributed by atoms with Gasteiger partial charge in [0.15, 0.2) is 0 Å². The maximum Gasteiger partial charge on any atom is 0.319 e. The molecule has 0 aliphatic heterocycles. The third-order valence-electron chi connectivity index (χ3n) is 3.96. The van der Waals surface area contributed by atoms with E-state index in [-0.39, 0.29) is 17.9 Å². The molecule has 1 unspecified atom stereocenters. The molecule has 0 radical (unpaired) electrons. The van der Waals surface area contributed by atoms with Crippen LogP contribution in [0, 0.1) is 11.7 Å². The fourth-order valence-corrected chi connectivity index (χ4v) is 2.56. The average molecular weight is 314 g/mol. The second-order valence-electron chi connectivity index (χ2n) is 5.69. The zero-order chi connectivity index (χ0) is 16.2. The number of halogens is 1. The van der Waals surface area contributed by atoms with Crippen molar-refractivity contribution < 1.29 is 13.9 Å².